The van der Waals surface area contributed by atoms with Crippen LogP contribution in [0.1, 0.15) is 25.7 Å². The zero-order valence-corrected chi connectivity index (χ0v) is 13.8. The number of hydrogen-bond donors (Lipinski definition) is 0. The van der Waals surface area contributed by atoms with Crippen LogP contribution in [0.4, 0.5) is 0 Å². The van der Waals surface area contributed by atoms with Crippen molar-refractivity contribution in [1.82, 2.24) is 9.80 Å². The molecule has 1 aromatic carbocycles. The summed E-state index contributed by atoms with van der Waals surface area (Å²) in [6.07, 6.45) is 3.93. The lowest BCUT2D eigenvalue weighted by Gasteiger charge is -2.55. The fourth-order valence-corrected chi connectivity index (χ4v) is 3.65. The zero-order valence-electron chi connectivity index (χ0n) is 13.1. The number of rotatable bonds is 4. The highest BCUT2D eigenvalue weighted by atomic mass is 35.5. The summed E-state index contributed by atoms with van der Waals surface area (Å²) in [5.41, 5.74) is 0.248. The Morgan fingerprint density at radius 1 is 1.32 bits per heavy atom. The van der Waals surface area contributed by atoms with Gasteiger partial charge in [-0.05, 0) is 38.4 Å². The molecule has 1 spiro atoms. The quantitative estimate of drug-likeness (QED) is 0.854. The summed E-state index contributed by atoms with van der Waals surface area (Å²) in [5.74, 6) is 0.831. The van der Waals surface area contributed by atoms with Gasteiger partial charge in [-0.3, -0.25) is 9.69 Å². The highest BCUT2D eigenvalue weighted by molar-refractivity contribution is 6.32. The predicted molar refractivity (Wildman–Crippen MR) is 87.4 cm³/mol. The molecule has 1 unspecified atom stereocenters. The molecule has 3 rings (SSSR count). The molecule has 4 nitrogen and oxygen atoms in total. The maximum Gasteiger partial charge on any atom is 0.226 e. The van der Waals surface area contributed by atoms with Crippen LogP contribution in [0.15, 0.2) is 24.3 Å². The van der Waals surface area contributed by atoms with Gasteiger partial charge < -0.3 is 9.64 Å². The fourth-order valence-electron chi connectivity index (χ4n) is 3.46. The number of piperidine rings is 1. The topological polar surface area (TPSA) is 32.8 Å². The standard InChI is InChI=1S/C17H23ClN2O2/c1-19-11-9-17(19)8-4-10-20(13-17)16(21)7-12-22-15-6-3-2-5-14(15)18/h2-3,5-6H,4,7-13H2,1H3. The molecule has 0 N–H and O–H groups in total. The van der Waals surface area contributed by atoms with E-state index in [9.17, 15) is 4.79 Å². The highest BCUT2D eigenvalue weighted by Gasteiger charge is 2.45. The Kier molecular flexibility index (Phi) is 4.59. The van der Waals surface area contributed by atoms with Crippen LogP contribution in [-0.4, -0.2) is 54.5 Å². The van der Waals surface area contributed by atoms with Gasteiger partial charge in [0.05, 0.1) is 18.1 Å². The first-order chi connectivity index (χ1) is 10.6. The molecular weight excluding hydrogens is 300 g/mol. The van der Waals surface area contributed by atoms with Gasteiger partial charge in [0.15, 0.2) is 0 Å². The monoisotopic (exact) mass is 322 g/mol. The highest BCUT2D eigenvalue weighted by Crippen LogP contribution is 2.37. The molecule has 0 bridgehead atoms. The van der Waals surface area contributed by atoms with Crippen LogP contribution in [0.3, 0.4) is 0 Å². The summed E-state index contributed by atoms with van der Waals surface area (Å²) in [6.45, 7) is 3.27. The molecule has 2 saturated heterocycles. The molecule has 2 aliphatic heterocycles. The van der Waals surface area contributed by atoms with Crippen LogP contribution in [0.2, 0.25) is 5.02 Å². The predicted octanol–water partition coefficient (Wildman–Crippen LogP) is 2.81. The lowest BCUT2D eigenvalue weighted by Crippen LogP contribution is -2.66. The smallest absolute Gasteiger partial charge is 0.226 e. The molecule has 1 amide bonds. The Balaban J connectivity index is 1.49. The minimum Gasteiger partial charge on any atom is -0.491 e. The van der Waals surface area contributed by atoms with Gasteiger partial charge >= 0.3 is 0 Å². The fraction of sp³-hybridized carbons (Fsp3) is 0.588. The average molecular weight is 323 g/mol. The molecule has 1 aromatic rings. The summed E-state index contributed by atoms with van der Waals surface area (Å²) in [4.78, 5) is 16.8. The number of amides is 1. The number of halogens is 1. The Bertz CT molecular complexity index is 551. The van der Waals surface area contributed by atoms with E-state index < -0.39 is 0 Å². The molecule has 2 heterocycles. The van der Waals surface area contributed by atoms with Gasteiger partial charge in [0.2, 0.25) is 5.91 Å². The van der Waals surface area contributed by atoms with Crippen molar-refractivity contribution in [3.63, 3.8) is 0 Å². The first kappa shape index (κ1) is 15.6. The van der Waals surface area contributed by atoms with Gasteiger partial charge in [-0.15, -0.1) is 0 Å². The van der Waals surface area contributed by atoms with Crippen LogP contribution in [0, 0.1) is 0 Å². The van der Waals surface area contributed by atoms with E-state index in [2.05, 4.69) is 11.9 Å². The van der Waals surface area contributed by atoms with E-state index in [-0.39, 0.29) is 11.4 Å². The molecule has 22 heavy (non-hydrogen) atoms. The maximum absolute atomic E-state index is 12.4. The van der Waals surface area contributed by atoms with Crippen molar-refractivity contribution in [2.24, 2.45) is 0 Å². The number of likely N-dealkylation sites (tertiary alicyclic amines) is 2. The average Bonchev–Trinajstić information content (AvgIpc) is 2.55. The van der Waals surface area contributed by atoms with Gasteiger partial charge in [0.25, 0.3) is 0 Å². The van der Waals surface area contributed by atoms with Crippen molar-refractivity contribution in [1.29, 1.82) is 0 Å². The van der Waals surface area contributed by atoms with Crippen molar-refractivity contribution >= 4 is 17.5 Å². The molecule has 0 saturated carbocycles. The lowest BCUT2D eigenvalue weighted by atomic mass is 9.78. The van der Waals surface area contributed by atoms with E-state index in [4.69, 9.17) is 16.3 Å². The molecule has 0 aliphatic carbocycles. The number of carbonyl (C=O) groups is 1. The SMILES string of the molecule is CN1CCC12CCCN(C(=O)CCOc1ccccc1Cl)C2. The number of likely N-dealkylation sites (N-methyl/N-ethyl adjacent to an activating group) is 1. The molecule has 2 aliphatic rings. The van der Waals surface area contributed by atoms with Crippen LogP contribution in [0.25, 0.3) is 0 Å². The second-order valence-electron chi connectivity index (χ2n) is 6.34. The second-order valence-corrected chi connectivity index (χ2v) is 6.75. The first-order valence-corrected chi connectivity index (χ1v) is 8.35. The Labute approximate surface area is 137 Å². The van der Waals surface area contributed by atoms with Gasteiger partial charge in [0, 0.05) is 25.2 Å². The molecule has 1 atom stereocenters. The second kappa shape index (κ2) is 6.47. The van der Waals surface area contributed by atoms with Crippen molar-refractivity contribution in [3.05, 3.63) is 29.3 Å². The van der Waals surface area contributed by atoms with E-state index in [0.717, 1.165) is 26.1 Å². The van der Waals surface area contributed by atoms with E-state index in [1.54, 1.807) is 6.07 Å². The Hall–Kier alpha value is -1.26. The molecule has 120 valence electrons. The third kappa shape index (κ3) is 3.08. The maximum atomic E-state index is 12.4. The third-order valence-electron chi connectivity index (χ3n) is 5.04. The van der Waals surface area contributed by atoms with E-state index in [0.29, 0.717) is 23.8 Å². The first-order valence-electron chi connectivity index (χ1n) is 7.97. The molecule has 5 heteroatoms. The summed E-state index contributed by atoms with van der Waals surface area (Å²) < 4.78 is 5.62. The largest absolute Gasteiger partial charge is 0.491 e. The van der Waals surface area contributed by atoms with Gasteiger partial charge in [-0.1, -0.05) is 23.7 Å². The number of para-hydroxylation sites is 1. The number of nitrogens with zero attached hydrogens (tertiary/aromatic N) is 2. The summed E-state index contributed by atoms with van der Waals surface area (Å²) in [5, 5.41) is 0.586. The van der Waals surface area contributed by atoms with Crippen LogP contribution >= 0.6 is 11.6 Å². The van der Waals surface area contributed by atoms with Crippen LogP contribution < -0.4 is 4.74 Å². The van der Waals surface area contributed by atoms with Crippen molar-refractivity contribution < 1.29 is 9.53 Å². The Morgan fingerprint density at radius 3 is 2.82 bits per heavy atom. The van der Waals surface area contributed by atoms with Gasteiger partial charge in [-0.2, -0.15) is 0 Å². The summed E-state index contributed by atoms with van der Waals surface area (Å²) in [6, 6.07) is 7.36. The van der Waals surface area contributed by atoms with Crippen LogP contribution in [-0.2, 0) is 4.79 Å². The van der Waals surface area contributed by atoms with E-state index in [1.165, 1.54) is 12.8 Å². The number of hydrogen-bond acceptors (Lipinski definition) is 3. The van der Waals surface area contributed by atoms with E-state index in [1.807, 2.05) is 23.1 Å². The number of ether oxygens (including phenoxy) is 1. The summed E-state index contributed by atoms with van der Waals surface area (Å²) >= 11 is 6.04. The third-order valence-corrected chi connectivity index (χ3v) is 5.35. The molecule has 0 radical (unpaired) electrons. The van der Waals surface area contributed by atoms with Crippen LogP contribution in [0.5, 0.6) is 5.75 Å². The molecule has 2 fully saturated rings. The number of benzene rings is 1. The Morgan fingerprint density at radius 2 is 2.14 bits per heavy atom. The van der Waals surface area contributed by atoms with Gasteiger partial charge in [0.1, 0.15) is 5.75 Å². The van der Waals surface area contributed by atoms with Gasteiger partial charge in [-0.25, -0.2) is 0 Å². The molecular formula is C17H23ClN2O2. The minimum absolute atomic E-state index is 0.187. The van der Waals surface area contributed by atoms with Crippen molar-refractivity contribution in [3.8, 4) is 5.75 Å². The van der Waals surface area contributed by atoms with Crippen molar-refractivity contribution in [2.75, 3.05) is 33.3 Å². The van der Waals surface area contributed by atoms with E-state index >= 15 is 0 Å². The zero-order chi connectivity index (χ0) is 15.6. The molecule has 0 aromatic heterocycles. The summed E-state index contributed by atoms with van der Waals surface area (Å²) in [7, 11) is 2.16. The normalized spacial score (nSPS) is 25.1. The minimum atomic E-state index is 0.187. The van der Waals surface area contributed by atoms with Crippen molar-refractivity contribution in [2.45, 2.75) is 31.2 Å². The lowest BCUT2D eigenvalue weighted by molar-refractivity contribution is -0.139. The number of carbonyl (C=O) groups excluding carboxylic acids is 1.